The lowest BCUT2D eigenvalue weighted by atomic mass is 9.89. The van der Waals surface area contributed by atoms with Crippen LogP contribution in [0.2, 0.25) is 5.02 Å². The van der Waals surface area contributed by atoms with Crippen LogP contribution >= 0.6 is 11.6 Å². The maximum absolute atomic E-state index is 12.6. The lowest BCUT2D eigenvalue weighted by Crippen LogP contribution is -2.29. The topological polar surface area (TPSA) is 105 Å². The standard InChI is InChI=1S/C17H16ClNO6S/c1-26(23,24)15-7-6-14(25-15)16(20)19-8-12(13(9-19)17(21)22)10-2-4-11(18)5-3-10/h2-7,12-13H,8-9H2,1H3,(H,21,22)/t12-,13+/m0/s1. The number of sulfone groups is 1. The van der Waals surface area contributed by atoms with E-state index in [2.05, 4.69) is 0 Å². The molecule has 7 nitrogen and oxygen atoms in total. The molecule has 0 unspecified atom stereocenters. The molecule has 0 aliphatic carbocycles. The average molecular weight is 398 g/mol. The van der Waals surface area contributed by atoms with E-state index in [0.29, 0.717) is 5.02 Å². The second-order valence-corrected chi connectivity index (χ2v) is 8.59. The zero-order valence-corrected chi connectivity index (χ0v) is 15.3. The maximum atomic E-state index is 12.6. The summed E-state index contributed by atoms with van der Waals surface area (Å²) in [6.07, 6.45) is 0.979. The summed E-state index contributed by atoms with van der Waals surface area (Å²) in [6.45, 7) is 0.197. The van der Waals surface area contributed by atoms with E-state index in [-0.39, 0.29) is 23.9 Å². The van der Waals surface area contributed by atoms with Crippen molar-refractivity contribution in [3.63, 3.8) is 0 Å². The van der Waals surface area contributed by atoms with Gasteiger partial charge in [-0.15, -0.1) is 0 Å². The summed E-state index contributed by atoms with van der Waals surface area (Å²) < 4.78 is 28.1. The first-order valence-electron chi connectivity index (χ1n) is 7.74. The third-order valence-electron chi connectivity index (χ3n) is 4.38. The van der Waals surface area contributed by atoms with Gasteiger partial charge in [0.15, 0.2) is 5.76 Å². The highest BCUT2D eigenvalue weighted by Gasteiger charge is 2.41. The van der Waals surface area contributed by atoms with E-state index < -0.39 is 33.5 Å². The van der Waals surface area contributed by atoms with Gasteiger partial charge in [-0.25, -0.2) is 8.42 Å². The van der Waals surface area contributed by atoms with Crippen LogP contribution in [0.4, 0.5) is 0 Å². The molecule has 3 rings (SSSR count). The smallest absolute Gasteiger partial charge is 0.308 e. The van der Waals surface area contributed by atoms with Crippen molar-refractivity contribution in [1.29, 1.82) is 0 Å². The summed E-state index contributed by atoms with van der Waals surface area (Å²) >= 11 is 5.87. The van der Waals surface area contributed by atoms with Crippen LogP contribution in [0.15, 0.2) is 45.9 Å². The van der Waals surface area contributed by atoms with Crippen molar-refractivity contribution in [3.8, 4) is 0 Å². The molecule has 1 aliphatic heterocycles. The van der Waals surface area contributed by atoms with E-state index in [0.717, 1.165) is 11.8 Å². The summed E-state index contributed by atoms with van der Waals surface area (Å²) in [5.41, 5.74) is 0.772. The fourth-order valence-corrected chi connectivity index (χ4v) is 3.74. The zero-order valence-electron chi connectivity index (χ0n) is 13.8. The Bertz CT molecular complexity index is 950. The van der Waals surface area contributed by atoms with Crippen molar-refractivity contribution in [2.24, 2.45) is 5.92 Å². The van der Waals surface area contributed by atoms with Crippen molar-refractivity contribution in [3.05, 3.63) is 52.7 Å². The Labute approximate surface area is 155 Å². The predicted octanol–water partition coefficient (Wildman–Crippen LogP) is 2.28. The Morgan fingerprint density at radius 3 is 2.35 bits per heavy atom. The quantitative estimate of drug-likeness (QED) is 0.848. The van der Waals surface area contributed by atoms with Crippen LogP contribution in [-0.2, 0) is 14.6 Å². The highest BCUT2D eigenvalue weighted by Crippen LogP contribution is 2.34. The number of likely N-dealkylation sites (tertiary alicyclic amines) is 1. The Morgan fingerprint density at radius 2 is 1.81 bits per heavy atom. The predicted molar refractivity (Wildman–Crippen MR) is 93.0 cm³/mol. The van der Waals surface area contributed by atoms with E-state index in [1.54, 1.807) is 24.3 Å². The number of nitrogens with zero attached hydrogens (tertiary/aromatic N) is 1. The summed E-state index contributed by atoms with van der Waals surface area (Å²) in [5.74, 6) is -2.84. The van der Waals surface area contributed by atoms with Crippen molar-refractivity contribution in [2.45, 2.75) is 11.0 Å². The van der Waals surface area contributed by atoms with Gasteiger partial charge in [-0.2, -0.15) is 0 Å². The van der Waals surface area contributed by atoms with Gasteiger partial charge in [-0.1, -0.05) is 23.7 Å². The highest BCUT2D eigenvalue weighted by molar-refractivity contribution is 7.90. The van der Waals surface area contributed by atoms with Crippen molar-refractivity contribution in [2.75, 3.05) is 19.3 Å². The number of carbonyl (C=O) groups excluding carboxylic acids is 1. The third-order valence-corrected chi connectivity index (χ3v) is 5.58. The molecule has 9 heteroatoms. The molecule has 2 aromatic rings. The number of amides is 1. The Balaban J connectivity index is 1.85. The molecule has 138 valence electrons. The molecule has 1 aliphatic rings. The lowest BCUT2D eigenvalue weighted by molar-refractivity contribution is -0.141. The zero-order chi connectivity index (χ0) is 19.1. The molecule has 26 heavy (non-hydrogen) atoms. The number of carbonyl (C=O) groups is 2. The maximum Gasteiger partial charge on any atom is 0.308 e. The minimum Gasteiger partial charge on any atom is -0.481 e. The first-order valence-corrected chi connectivity index (χ1v) is 10.0. The molecular formula is C17H16ClNO6S. The van der Waals surface area contributed by atoms with E-state index in [4.69, 9.17) is 16.0 Å². The van der Waals surface area contributed by atoms with Crippen LogP contribution in [0.5, 0.6) is 0 Å². The van der Waals surface area contributed by atoms with Gasteiger partial charge < -0.3 is 14.4 Å². The molecular weight excluding hydrogens is 382 g/mol. The van der Waals surface area contributed by atoms with Gasteiger partial charge in [-0.3, -0.25) is 9.59 Å². The number of hydrogen-bond donors (Lipinski definition) is 1. The lowest BCUT2D eigenvalue weighted by Gasteiger charge is -2.15. The number of carboxylic acids is 1. The monoisotopic (exact) mass is 397 g/mol. The third kappa shape index (κ3) is 3.61. The molecule has 0 saturated carbocycles. The van der Waals surface area contributed by atoms with Crippen molar-refractivity contribution >= 4 is 33.3 Å². The summed E-state index contributed by atoms with van der Waals surface area (Å²) in [4.78, 5) is 25.6. The molecule has 2 atom stereocenters. The number of rotatable bonds is 4. The van der Waals surface area contributed by atoms with Crippen LogP contribution in [0.1, 0.15) is 22.0 Å². The fourth-order valence-electron chi connectivity index (χ4n) is 3.06. The molecule has 0 bridgehead atoms. The molecule has 1 aromatic heterocycles. The van der Waals surface area contributed by atoms with Crippen LogP contribution in [0, 0.1) is 5.92 Å². The first kappa shape index (κ1) is 18.5. The molecule has 1 fully saturated rings. The normalized spacial score (nSPS) is 20.3. The summed E-state index contributed by atoms with van der Waals surface area (Å²) in [5, 5.41) is 9.75. The van der Waals surface area contributed by atoms with E-state index in [1.807, 2.05) is 0 Å². The number of furan rings is 1. The molecule has 1 amide bonds. The van der Waals surface area contributed by atoms with Gasteiger partial charge in [0.25, 0.3) is 5.91 Å². The molecule has 1 N–H and O–H groups in total. The molecule has 2 heterocycles. The number of hydrogen-bond acceptors (Lipinski definition) is 5. The second-order valence-electron chi connectivity index (χ2n) is 6.20. The number of aliphatic carboxylic acids is 1. The number of halogens is 1. The van der Waals surface area contributed by atoms with Gasteiger partial charge in [0.1, 0.15) is 0 Å². The number of benzene rings is 1. The largest absolute Gasteiger partial charge is 0.481 e. The van der Waals surface area contributed by atoms with Crippen LogP contribution < -0.4 is 0 Å². The second kappa shape index (κ2) is 6.77. The van der Waals surface area contributed by atoms with E-state index >= 15 is 0 Å². The Morgan fingerprint density at radius 1 is 1.15 bits per heavy atom. The van der Waals surface area contributed by atoms with Gasteiger partial charge >= 0.3 is 5.97 Å². The van der Waals surface area contributed by atoms with Gasteiger partial charge in [-0.05, 0) is 29.8 Å². The van der Waals surface area contributed by atoms with E-state index in [1.165, 1.54) is 17.0 Å². The van der Waals surface area contributed by atoms with Gasteiger partial charge in [0, 0.05) is 30.3 Å². The summed E-state index contributed by atoms with van der Waals surface area (Å²) in [6, 6.07) is 9.32. The van der Waals surface area contributed by atoms with Gasteiger partial charge in [0.2, 0.25) is 14.9 Å². The Kier molecular flexibility index (Phi) is 4.81. The molecule has 0 radical (unpaired) electrons. The van der Waals surface area contributed by atoms with Crippen molar-refractivity contribution < 1.29 is 27.5 Å². The summed E-state index contributed by atoms with van der Waals surface area (Å²) in [7, 11) is -3.57. The molecule has 1 aromatic carbocycles. The van der Waals surface area contributed by atoms with E-state index in [9.17, 15) is 23.1 Å². The Hall–Kier alpha value is -2.32. The van der Waals surface area contributed by atoms with Crippen LogP contribution in [0.25, 0.3) is 0 Å². The fraction of sp³-hybridized carbons (Fsp3) is 0.294. The highest BCUT2D eigenvalue weighted by atomic mass is 35.5. The minimum absolute atomic E-state index is 0.0103. The molecule has 0 spiro atoms. The van der Waals surface area contributed by atoms with Gasteiger partial charge in [0.05, 0.1) is 5.92 Å². The first-order chi connectivity index (χ1) is 12.2. The number of carboxylic acid groups (broad SMARTS) is 1. The molecule has 1 saturated heterocycles. The van der Waals surface area contributed by atoms with Crippen LogP contribution in [0.3, 0.4) is 0 Å². The van der Waals surface area contributed by atoms with Crippen LogP contribution in [-0.4, -0.2) is 49.6 Å². The average Bonchev–Trinajstić information content (AvgIpc) is 3.22. The van der Waals surface area contributed by atoms with Crippen molar-refractivity contribution in [1.82, 2.24) is 4.90 Å². The minimum atomic E-state index is -3.57. The SMILES string of the molecule is CS(=O)(=O)c1ccc(C(=O)N2C[C@@H](C(=O)O)[C@H](c3ccc(Cl)cc3)C2)o1.